The van der Waals surface area contributed by atoms with Gasteiger partial charge in [0.2, 0.25) is 4.93 Å². The van der Waals surface area contributed by atoms with Crippen LogP contribution < -0.4 is 5.73 Å². The van der Waals surface area contributed by atoms with Crippen LogP contribution >= 0.6 is 0 Å². The van der Waals surface area contributed by atoms with Gasteiger partial charge in [0.15, 0.2) is 0 Å². The van der Waals surface area contributed by atoms with Crippen LogP contribution in [-0.2, 0) is 25.2 Å². The third-order valence-corrected chi connectivity index (χ3v) is 5.13. The van der Waals surface area contributed by atoms with E-state index in [4.69, 9.17) is 10.3 Å². The first kappa shape index (κ1) is 14.9. The van der Waals surface area contributed by atoms with Crippen LogP contribution in [0.3, 0.4) is 0 Å². The van der Waals surface area contributed by atoms with E-state index in [1.165, 1.54) is 12.1 Å². The number of hydrogen-bond acceptors (Lipinski definition) is 6. The van der Waals surface area contributed by atoms with Crippen molar-refractivity contribution >= 4 is 32.0 Å². The van der Waals surface area contributed by atoms with Crippen LogP contribution in [0.4, 0.5) is 5.69 Å². The molecule has 8 nitrogen and oxygen atoms in total. The Balaban J connectivity index is 2.84. The average Bonchev–Trinajstić information content (AvgIpc) is 2.27. The van der Waals surface area contributed by atoms with Gasteiger partial charge in [-0.05, 0) is 23.8 Å². The Labute approximate surface area is 115 Å². The number of nitrogens with two attached hydrogens (primary N) is 1. The van der Waals surface area contributed by atoms with Crippen LogP contribution in [-0.4, -0.2) is 31.0 Å². The summed E-state index contributed by atoms with van der Waals surface area (Å²) in [4.78, 5) is -3.62. The highest BCUT2D eigenvalue weighted by Gasteiger charge is 2.48. The minimum Gasteiger partial charge on any atom is -0.399 e. The molecule has 0 aliphatic heterocycles. The Kier molecular flexibility index (Phi) is 3.19. The van der Waals surface area contributed by atoms with Crippen molar-refractivity contribution in [2.45, 2.75) is 11.4 Å². The van der Waals surface area contributed by atoms with Gasteiger partial charge >= 0.3 is 0 Å². The maximum atomic E-state index is 11.4. The molecular weight excluding hydrogens is 310 g/mol. The molecule has 20 heavy (non-hydrogen) atoms. The maximum absolute atomic E-state index is 11.4. The molecular formula is C10H11NO7S2. The summed E-state index contributed by atoms with van der Waals surface area (Å²) >= 11 is 0. The first-order valence-corrected chi connectivity index (χ1v) is 8.10. The Hall–Kier alpha value is -1.46. The second-order valence-corrected chi connectivity index (χ2v) is 7.47. The zero-order valence-corrected chi connectivity index (χ0v) is 11.5. The highest BCUT2D eigenvalue weighted by molar-refractivity contribution is 7.90. The van der Waals surface area contributed by atoms with Crippen molar-refractivity contribution in [3.8, 4) is 0 Å². The van der Waals surface area contributed by atoms with Gasteiger partial charge in [-0.3, -0.25) is 9.11 Å². The minimum absolute atomic E-state index is 0.0122. The molecule has 0 saturated carbocycles. The molecule has 1 aromatic rings. The maximum Gasteiger partial charge on any atom is 0.299 e. The van der Waals surface area contributed by atoms with Gasteiger partial charge in [0, 0.05) is 17.7 Å². The van der Waals surface area contributed by atoms with Crippen LogP contribution in [0.15, 0.2) is 23.1 Å². The molecule has 0 aromatic heterocycles. The van der Waals surface area contributed by atoms with Gasteiger partial charge in [0.05, 0.1) is 4.91 Å². The van der Waals surface area contributed by atoms with Crippen LogP contribution in [0.25, 0.3) is 6.08 Å². The lowest BCUT2D eigenvalue weighted by Gasteiger charge is -2.30. The van der Waals surface area contributed by atoms with E-state index in [1.807, 2.05) is 0 Å². The number of benzene rings is 1. The topological polar surface area (TPSA) is 155 Å². The van der Waals surface area contributed by atoms with E-state index in [0.29, 0.717) is 0 Å². The first-order valence-electron chi connectivity index (χ1n) is 5.22. The Morgan fingerprint density at radius 2 is 1.75 bits per heavy atom. The van der Waals surface area contributed by atoms with E-state index in [1.54, 1.807) is 0 Å². The molecule has 5 N–H and O–H groups in total. The summed E-state index contributed by atoms with van der Waals surface area (Å²) in [6.45, 7) is 0. The molecule has 10 heteroatoms. The SMILES string of the molecule is Nc1ccc2c(c1)C(O)(S(=O)(=O)O)CC(S(=O)(=O)O)=C2. The van der Waals surface area contributed by atoms with Crippen LogP contribution in [0.1, 0.15) is 17.5 Å². The fraction of sp³-hybridized carbons (Fsp3) is 0.200. The number of fused-ring (bicyclic) bond motifs is 1. The van der Waals surface area contributed by atoms with Gasteiger partial charge in [-0.25, -0.2) is 0 Å². The second-order valence-electron chi connectivity index (χ2n) is 4.37. The number of hydrogen-bond donors (Lipinski definition) is 4. The van der Waals surface area contributed by atoms with E-state index < -0.39 is 36.5 Å². The van der Waals surface area contributed by atoms with Crippen molar-refractivity contribution in [2.75, 3.05) is 5.73 Å². The van der Waals surface area contributed by atoms with Crippen LogP contribution in [0, 0.1) is 0 Å². The lowest BCUT2D eigenvalue weighted by atomic mass is 9.93. The van der Waals surface area contributed by atoms with Crippen LogP contribution in [0.2, 0.25) is 0 Å². The van der Waals surface area contributed by atoms with Gasteiger partial charge in [0.25, 0.3) is 20.2 Å². The van der Waals surface area contributed by atoms with Crippen molar-refractivity contribution in [1.29, 1.82) is 0 Å². The summed E-state index contributed by atoms with van der Waals surface area (Å²) < 4.78 is 63.3. The summed E-state index contributed by atoms with van der Waals surface area (Å²) in [7, 11) is -9.78. The van der Waals surface area contributed by atoms with Gasteiger partial charge in [0.1, 0.15) is 0 Å². The number of rotatable bonds is 2. The molecule has 1 aromatic carbocycles. The number of anilines is 1. The van der Waals surface area contributed by atoms with E-state index >= 15 is 0 Å². The zero-order valence-electron chi connectivity index (χ0n) is 9.88. The predicted octanol–water partition coefficient (Wildman–Crippen LogP) is -0.0659. The lowest BCUT2D eigenvalue weighted by Crippen LogP contribution is -2.39. The van der Waals surface area contributed by atoms with Gasteiger partial charge in [-0.2, -0.15) is 16.8 Å². The summed E-state index contributed by atoms with van der Waals surface area (Å²) in [5.74, 6) is 0. The van der Waals surface area contributed by atoms with Gasteiger partial charge in [-0.1, -0.05) is 6.07 Å². The minimum atomic E-state index is -5.07. The molecule has 1 atom stereocenters. The average molecular weight is 321 g/mol. The van der Waals surface area contributed by atoms with Crippen molar-refractivity contribution in [3.63, 3.8) is 0 Å². The highest BCUT2D eigenvalue weighted by atomic mass is 32.2. The summed E-state index contributed by atoms with van der Waals surface area (Å²) in [6, 6.07) is 3.73. The zero-order chi connectivity index (χ0) is 15.3. The lowest BCUT2D eigenvalue weighted by molar-refractivity contribution is 0.112. The summed E-state index contributed by atoms with van der Waals surface area (Å²) in [6.07, 6.45) is -0.00905. The standard InChI is InChI=1S/C10H11NO7S2/c11-7-2-1-6-3-8(19(13,14)15)5-10(12,9(6)4-7)20(16,17)18/h1-4,12H,5,11H2,(H,13,14,15)(H,16,17,18). The largest absolute Gasteiger partial charge is 0.399 e. The molecule has 1 aliphatic carbocycles. The van der Waals surface area contributed by atoms with Gasteiger partial charge < -0.3 is 10.8 Å². The molecule has 1 aliphatic rings. The van der Waals surface area contributed by atoms with Crippen molar-refractivity contribution in [1.82, 2.24) is 0 Å². The normalized spacial score (nSPS) is 23.1. The van der Waals surface area contributed by atoms with E-state index in [-0.39, 0.29) is 16.8 Å². The summed E-state index contributed by atoms with van der Waals surface area (Å²) in [5.41, 5.74) is 5.37. The van der Waals surface area contributed by atoms with E-state index in [0.717, 1.165) is 12.1 Å². The fourth-order valence-corrected chi connectivity index (χ4v) is 3.54. The molecule has 0 fully saturated rings. The molecule has 2 rings (SSSR count). The monoisotopic (exact) mass is 321 g/mol. The fourth-order valence-electron chi connectivity index (χ4n) is 1.99. The highest BCUT2D eigenvalue weighted by Crippen LogP contribution is 2.42. The Morgan fingerprint density at radius 3 is 2.25 bits per heavy atom. The van der Waals surface area contributed by atoms with E-state index in [2.05, 4.69) is 0 Å². The predicted molar refractivity (Wildman–Crippen MR) is 70.4 cm³/mol. The van der Waals surface area contributed by atoms with E-state index in [9.17, 15) is 26.5 Å². The Bertz CT molecular complexity index is 810. The third kappa shape index (κ3) is 2.31. The molecule has 0 amide bonds. The second kappa shape index (κ2) is 4.27. The molecule has 0 spiro atoms. The molecule has 0 heterocycles. The molecule has 0 radical (unpaired) electrons. The third-order valence-electron chi connectivity index (χ3n) is 2.99. The van der Waals surface area contributed by atoms with Crippen molar-refractivity contribution in [2.24, 2.45) is 0 Å². The molecule has 0 saturated heterocycles. The van der Waals surface area contributed by atoms with Crippen molar-refractivity contribution < 1.29 is 31.0 Å². The smallest absolute Gasteiger partial charge is 0.299 e. The summed E-state index contributed by atoms with van der Waals surface area (Å²) in [5, 5.41) is 10.2. The Morgan fingerprint density at radius 1 is 1.15 bits per heavy atom. The molecule has 1 unspecified atom stereocenters. The van der Waals surface area contributed by atoms with Crippen LogP contribution in [0.5, 0.6) is 0 Å². The van der Waals surface area contributed by atoms with Gasteiger partial charge in [-0.15, -0.1) is 0 Å². The quantitative estimate of drug-likeness (QED) is 0.436. The van der Waals surface area contributed by atoms with Crippen molar-refractivity contribution in [3.05, 3.63) is 34.2 Å². The number of aliphatic hydroxyl groups is 1. The molecule has 110 valence electrons. The number of nitrogen functional groups attached to an aromatic ring is 1. The molecule has 0 bridgehead atoms. The first-order chi connectivity index (χ1) is 8.95.